The van der Waals surface area contributed by atoms with Gasteiger partial charge in [0, 0.05) is 14.5 Å². The summed E-state index contributed by atoms with van der Waals surface area (Å²) in [5, 5.41) is 2.76. The van der Waals surface area contributed by atoms with E-state index in [4.69, 9.17) is 16.3 Å². The summed E-state index contributed by atoms with van der Waals surface area (Å²) in [4.78, 5) is 39.4. The predicted molar refractivity (Wildman–Crippen MR) is 145 cm³/mol. The first-order chi connectivity index (χ1) is 16.8. The minimum atomic E-state index is -0.391. The van der Waals surface area contributed by atoms with Gasteiger partial charge in [-0.25, -0.2) is 0 Å². The van der Waals surface area contributed by atoms with Gasteiger partial charge in [-0.3, -0.25) is 19.3 Å². The van der Waals surface area contributed by atoms with Crippen molar-refractivity contribution < 1.29 is 19.1 Å². The van der Waals surface area contributed by atoms with Crippen molar-refractivity contribution in [2.45, 2.75) is 6.54 Å². The zero-order valence-corrected chi connectivity index (χ0v) is 22.7. The summed E-state index contributed by atoms with van der Waals surface area (Å²) < 4.78 is 7.30. The molecule has 0 spiro atoms. The van der Waals surface area contributed by atoms with Crippen molar-refractivity contribution in [2.24, 2.45) is 0 Å². The van der Waals surface area contributed by atoms with E-state index in [1.54, 1.807) is 48.5 Å². The predicted octanol–water partition coefficient (Wildman–Crippen LogP) is 7.12. The largest absolute Gasteiger partial charge is 0.483 e. The van der Waals surface area contributed by atoms with Crippen LogP contribution in [0.4, 0.5) is 10.5 Å². The molecule has 0 aromatic heterocycles. The first-order valence-electron chi connectivity index (χ1n) is 10.3. The minimum absolute atomic E-state index is 0.160. The molecule has 1 aliphatic heterocycles. The molecule has 3 amide bonds. The lowest BCUT2D eigenvalue weighted by Gasteiger charge is -2.13. The van der Waals surface area contributed by atoms with Gasteiger partial charge in [-0.2, -0.15) is 0 Å². The van der Waals surface area contributed by atoms with Crippen LogP contribution < -0.4 is 10.1 Å². The highest BCUT2D eigenvalue weighted by atomic mass is 79.9. The number of thioether (sulfide) groups is 1. The molecule has 10 heteroatoms. The molecule has 6 nitrogen and oxygen atoms in total. The van der Waals surface area contributed by atoms with E-state index < -0.39 is 5.91 Å². The maximum Gasteiger partial charge on any atom is 0.293 e. The molecule has 0 atom stereocenters. The first kappa shape index (κ1) is 25.5. The van der Waals surface area contributed by atoms with E-state index in [0.717, 1.165) is 26.3 Å². The molecule has 0 aliphatic carbocycles. The Morgan fingerprint density at radius 2 is 1.80 bits per heavy atom. The quantitative estimate of drug-likeness (QED) is 0.280. The van der Waals surface area contributed by atoms with E-state index in [0.29, 0.717) is 22.0 Å². The van der Waals surface area contributed by atoms with Crippen LogP contribution in [0.1, 0.15) is 11.1 Å². The van der Waals surface area contributed by atoms with Crippen LogP contribution in [0.15, 0.2) is 80.6 Å². The van der Waals surface area contributed by atoms with Crippen LogP contribution in [0.3, 0.4) is 0 Å². The third-order valence-corrected chi connectivity index (χ3v) is 7.43. The van der Waals surface area contributed by atoms with Crippen LogP contribution in [-0.4, -0.2) is 28.6 Å². The number of imide groups is 1. The molecule has 1 N–H and O–H groups in total. The fourth-order valence-corrected chi connectivity index (χ4v) is 5.03. The van der Waals surface area contributed by atoms with E-state index in [-0.39, 0.29) is 29.2 Å². The Hall–Kier alpha value is -2.59. The third-order valence-electron chi connectivity index (χ3n) is 4.93. The molecule has 0 unspecified atom stereocenters. The number of nitrogens with one attached hydrogen (secondary N) is 1. The molecule has 0 bridgehead atoms. The SMILES string of the molecule is O=C(COc1ccc(Br)cc1/C=C1\SC(=O)N(Cc2ccccc2Br)C1=O)Nc1ccccc1Cl. The lowest BCUT2D eigenvalue weighted by molar-refractivity contribution is -0.123. The summed E-state index contributed by atoms with van der Waals surface area (Å²) in [5.74, 6) is -0.390. The zero-order valence-electron chi connectivity index (χ0n) is 18.0. The van der Waals surface area contributed by atoms with Gasteiger partial charge >= 0.3 is 0 Å². The highest BCUT2D eigenvalue weighted by molar-refractivity contribution is 9.10. The highest BCUT2D eigenvalue weighted by Crippen LogP contribution is 2.36. The average Bonchev–Trinajstić information content (AvgIpc) is 3.09. The van der Waals surface area contributed by atoms with Gasteiger partial charge in [0.05, 0.1) is 22.2 Å². The summed E-state index contributed by atoms with van der Waals surface area (Å²) in [5.41, 5.74) is 1.86. The van der Waals surface area contributed by atoms with Gasteiger partial charge < -0.3 is 10.1 Å². The van der Waals surface area contributed by atoms with Crippen LogP contribution >= 0.6 is 55.2 Å². The van der Waals surface area contributed by atoms with Crippen LogP contribution in [0.5, 0.6) is 5.75 Å². The van der Waals surface area contributed by atoms with Crippen molar-refractivity contribution in [3.8, 4) is 5.75 Å². The lowest BCUT2D eigenvalue weighted by Crippen LogP contribution is -2.27. The molecule has 35 heavy (non-hydrogen) atoms. The number of hydrogen-bond acceptors (Lipinski definition) is 5. The molecule has 4 rings (SSSR count). The van der Waals surface area contributed by atoms with E-state index in [1.807, 2.05) is 24.3 Å². The van der Waals surface area contributed by atoms with Crippen molar-refractivity contribution in [1.82, 2.24) is 4.90 Å². The van der Waals surface area contributed by atoms with Crippen molar-refractivity contribution in [1.29, 1.82) is 0 Å². The Bertz CT molecular complexity index is 1350. The minimum Gasteiger partial charge on any atom is -0.483 e. The number of carbonyl (C=O) groups excluding carboxylic acids is 3. The van der Waals surface area contributed by atoms with E-state index in [2.05, 4.69) is 37.2 Å². The molecule has 0 radical (unpaired) electrons. The summed E-state index contributed by atoms with van der Waals surface area (Å²) >= 11 is 13.8. The molecule has 3 aromatic carbocycles. The first-order valence-corrected chi connectivity index (χ1v) is 13.1. The molecule has 3 aromatic rings. The van der Waals surface area contributed by atoms with Crippen LogP contribution in [0.2, 0.25) is 5.02 Å². The van der Waals surface area contributed by atoms with E-state index in [1.165, 1.54) is 4.90 Å². The molecule has 178 valence electrons. The van der Waals surface area contributed by atoms with Gasteiger partial charge in [0.25, 0.3) is 17.1 Å². The van der Waals surface area contributed by atoms with Gasteiger partial charge in [0.2, 0.25) is 0 Å². The summed E-state index contributed by atoms with van der Waals surface area (Å²) in [6.07, 6.45) is 1.59. The lowest BCUT2D eigenvalue weighted by atomic mass is 10.1. The maximum absolute atomic E-state index is 13.0. The fraction of sp³-hybridized carbons (Fsp3) is 0.0800. The van der Waals surface area contributed by atoms with Crippen LogP contribution in [-0.2, 0) is 16.1 Å². The molecule has 0 saturated carbocycles. The molecule has 1 heterocycles. The fourth-order valence-electron chi connectivity index (χ4n) is 3.23. The van der Waals surface area contributed by atoms with E-state index >= 15 is 0 Å². The Labute approximate surface area is 227 Å². The third kappa shape index (κ3) is 6.35. The Kier molecular flexibility index (Phi) is 8.33. The second-order valence-corrected chi connectivity index (χ2v) is 10.5. The number of para-hydroxylation sites is 1. The Morgan fingerprint density at radius 3 is 2.57 bits per heavy atom. The monoisotopic (exact) mass is 634 g/mol. The number of benzene rings is 3. The van der Waals surface area contributed by atoms with Gasteiger partial charge in [-0.1, -0.05) is 73.8 Å². The number of nitrogens with zero attached hydrogens (tertiary/aromatic N) is 1. The second kappa shape index (κ2) is 11.4. The highest BCUT2D eigenvalue weighted by Gasteiger charge is 2.35. The number of anilines is 1. The molecule has 1 saturated heterocycles. The topological polar surface area (TPSA) is 75.7 Å². The summed E-state index contributed by atoms with van der Waals surface area (Å²) in [6.45, 7) is -0.106. The number of hydrogen-bond donors (Lipinski definition) is 1. The van der Waals surface area contributed by atoms with Crippen molar-refractivity contribution in [3.05, 3.63) is 96.7 Å². The summed E-state index contributed by atoms with van der Waals surface area (Å²) in [6, 6.07) is 19.5. The number of ether oxygens (including phenoxy) is 1. The average molecular weight is 637 g/mol. The molecule has 1 aliphatic rings. The smallest absolute Gasteiger partial charge is 0.293 e. The normalized spacial score (nSPS) is 14.5. The number of halogens is 3. The van der Waals surface area contributed by atoms with E-state index in [9.17, 15) is 14.4 Å². The molecule has 1 fully saturated rings. The zero-order chi connectivity index (χ0) is 24.9. The molecular weight excluding hydrogens is 620 g/mol. The maximum atomic E-state index is 13.0. The van der Waals surface area contributed by atoms with Crippen LogP contribution in [0, 0.1) is 0 Å². The van der Waals surface area contributed by atoms with Gasteiger partial charge in [0.1, 0.15) is 5.75 Å². The standard InChI is InChI=1S/C25H17Br2ClN2O4S/c26-17-9-10-21(34-14-23(31)29-20-8-4-3-7-19(20)28)16(11-17)12-22-24(32)30(25(33)35-22)13-15-5-1-2-6-18(15)27/h1-12H,13-14H2,(H,29,31)/b22-12-. The number of rotatable bonds is 7. The Morgan fingerprint density at radius 1 is 1.06 bits per heavy atom. The van der Waals surface area contributed by atoms with Gasteiger partial charge in [-0.05, 0) is 59.8 Å². The van der Waals surface area contributed by atoms with Crippen molar-refractivity contribution in [3.63, 3.8) is 0 Å². The van der Waals surface area contributed by atoms with Gasteiger partial charge in [-0.15, -0.1) is 0 Å². The van der Waals surface area contributed by atoms with Crippen molar-refractivity contribution >= 4 is 84.0 Å². The van der Waals surface area contributed by atoms with Gasteiger partial charge in [0.15, 0.2) is 6.61 Å². The Balaban J connectivity index is 1.49. The number of carbonyl (C=O) groups is 3. The van der Waals surface area contributed by atoms with Crippen LogP contribution in [0.25, 0.3) is 6.08 Å². The molecular formula is C25H17Br2ClN2O4S. The van der Waals surface area contributed by atoms with Crippen molar-refractivity contribution in [2.75, 3.05) is 11.9 Å². The number of amides is 3. The second-order valence-electron chi connectivity index (χ2n) is 7.36. The summed E-state index contributed by atoms with van der Waals surface area (Å²) in [7, 11) is 0.